The van der Waals surface area contributed by atoms with Gasteiger partial charge < -0.3 is 10.3 Å². The molecule has 0 aliphatic heterocycles. The number of nitrogens with zero attached hydrogens (tertiary/aromatic N) is 3. The number of nitrogens with two attached hydrogens (primary N) is 1. The lowest BCUT2D eigenvalue weighted by atomic mass is 10.2. The van der Waals surface area contributed by atoms with Gasteiger partial charge in [0.2, 0.25) is 5.91 Å². The summed E-state index contributed by atoms with van der Waals surface area (Å²) >= 11 is 1.30. The summed E-state index contributed by atoms with van der Waals surface area (Å²) in [6, 6.07) is -0.398. The molecule has 7 nitrogen and oxygen atoms in total. The summed E-state index contributed by atoms with van der Waals surface area (Å²) in [5.74, 6) is 0.809. The first-order valence-corrected chi connectivity index (χ1v) is 7.49. The van der Waals surface area contributed by atoms with Gasteiger partial charge >= 0.3 is 6.03 Å². The molecule has 1 saturated carbocycles. The number of primary amides is 1. The maximum Gasteiger partial charge on any atom is 0.318 e. The molecule has 0 bridgehead atoms. The van der Waals surface area contributed by atoms with Crippen molar-refractivity contribution in [3.63, 3.8) is 0 Å². The second-order valence-corrected chi connectivity index (χ2v) is 6.52. The molecule has 1 fully saturated rings. The number of hydrogen-bond donors (Lipinski definition) is 2. The molecule has 0 spiro atoms. The van der Waals surface area contributed by atoms with E-state index in [0.717, 1.165) is 23.8 Å². The van der Waals surface area contributed by atoms with Crippen molar-refractivity contribution in [2.75, 3.05) is 0 Å². The van der Waals surface area contributed by atoms with Crippen LogP contribution in [0.5, 0.6) is 0 Å². The maximum absolute atomic E-state index is 11.7. The first-order valence-electron chi connectivity index (χ1n) is 6.62. The molecule has 1 atom stereocenters. The first kappa shape index (κ1) is 14.8. The summed E-state index contributed by atoms with van der Waals surface area (Å²) in [5, 5.41) is 10.7. The number of carbonyl (C=O) groups excluding carboxylic acids is 2. The zero-order chi connectivity index (χ0) is 14.9. The van der Waals surface area contributed by atoms with E-state index in [1.54, 1.807) is 6.92 Å². The average Bonchev–Trinajstić information content (AvgIpc) is 3.09. The number of urea groups is 1. The molecule has 3 N–H and O–H groups in total. The third-order valence-corrected chi connectivity index (χ3v) is 4.07. The lowest BCUT2D eigenvalue weighted by Crippen LogP contribution is -2.39. The lowest BCUT2D eigenvalue weighted by Gasteiger charge is -2.13. The molecule has 3 amide bonds. The van der Waals surface area contributed by atoms with Gasteiger partial charge in [0.1, 0.15) is 5.82 Å². The molecule has 1 aromatic heterocycles. The molecule has 1 aliphatic rings. The SMILES string of the molecule is CC(Sc1nnc(C(C)C)n1C1CC1)C(=O)NC(N)=O. The van der Waals surface area contributed by atoms with Crippen LogP contribution in [0.3, 0.4) is 0 Å². The van der Waals surface area contributed by atoms with Crippen LogP contribution < -0.4 is 11.1 Å². The molecule has 1 unspecified atom stereocenters. The van der Waals surface area contributed by atoms with Crippen LogP contribution in [0, 0.1) is 0 Å². The van der Waals surface area contributed by atoms with Gasteiger partial charge in [-0.05, 0) is 19.8 Å². The highest BCUT2D eigenvalue weighted by molar-refractivity contribution is 8.00. The van der Waals surface area contributed by atoms with Gasteiger partial charge in [-0.25, -0.2) is 4.79 Å². The fraction of sp³-hybridized carbons (Fsp3) is 0.667. The van der Waals surface area contributed by atoms with Crippen molar-refractivity contribution in [1.82, 2.24) is 20.1 Å². The van der Waals surface area contributed by atoms with E-state index < -0.39 is 17.2 Å². The number of thioether (sulfide) groups is 1. The molecule has 0 aromatic carbocycles. The number of carbonyl (C=O) groups is 2. The number of rotatable bonds is 5. The van der Waals surface area contributed by atoms with Crippen LogP contribution in [0.4, 0.5) is 4.79 Å². The molecule has 1 heterocycles. The Morgan fingerprint density at radius 3 is 2.50 bits per heavy atom. The molecule has 2 rings (SSSR count). The van der Waals surface area contributed by atoms with Crippen molar-refractivity contribution >= 4 is 23.7 Å². The molecule has 20 heavy (non-hydrogen) atoms. The van der Waals surface area contributed by atoms with E-state index in [1.807, 2.05) is 0 Å². The summed E-state index contributed by atoms with van der Waals surface area (Å²) in [6.07, 6.45) is 2.24. The third kappa shape index (κ3) is 3.30. The Hall–Kier alpha value is -1.57. The van der Waals surface area contributed by atoms with Crippen molar-refractivity contribution in [1.29, 1.82) is 0 Å². The fourth-order valence-corrected chi connectivity index (χ4v) is 2.80. The first-order chi connectivity index (χ1) is 9.40. The molecule has 110 valence electrons. The largest absolute Gasteiger partial charge is 0.351 e. The minimum absolute atomic E-state index is 0.284. The molecule has 8 heteroatoms. The maximum atomic E-state index is 11.7. The Labute approximate surface area is 121 Å². The van der Waals surface area contributed by atoms with Crippen LogP contribution in [-0.4, -0.2) is 32.0 Å². The van der Waals surface area contributed by atoms with E-state index in [4.69, 9.17) is 5.73 Å². The quantitative estimate of drug-likeness (QED) is 0.800. The van der Waals surface area contributed by atoms with Crippen LogP contribution in [0.15, 0.2) is 5.16 Å². The van der Waals surface area contributed by atoms with Gasteiger partial charge in [0, 0.05) is 12.0 Å². The van der Waals surface area contributed by atoms with E-state index in [0.29, 0.717) is 6.04 Å². The van der Waals surface area contributed by atoms with Crippen LogP contribution in [0.25, 0.3) is 0 Å². The Bertz CT molecular complexity index is 524. The van der Waals surface area contributed by atoms with E-state index in [2.05, 4.69) is 33.9 Å². The number of hydrogen-bond acceptors (Lipinski definition) is 5. The van der Waals surface area contributed by atoms with Gasteiger partial charge in [-0.1, -0.05) is 25.6 Å². The number of aromatic nitrogens is 3. The fourth-order valence-electron chi connectivity index (χ4n) is 1.87. The van der Waals surface area contributed by atoms with Gasteiger partial charge in [0.25, 0.3) is 0 Å². The molecule has 0 saturated heterocycles. The smallest absolute Gasteiger partial charge is 0.318 e. The topological polar surface area (TPSA) is 103 Å². The zero-order valence-electron chi connectivity index (χ0n) is 11.8. The predicted molar refractivity (Wildman–Crippen MR) is 75.4 cm³/mol. The lowest BCUT2D eigenvalue weighted by molar-refractivity contribution is -0.119. The van der Waals surface area contributed by atoms with Crippen LogP contribution in [0.1, 0.15) is 51.4 Å². The second-order valence-electron chi connectivity index (χ2n) is 5.21. The molecule has 1 aromatic rings. The van der Waals surface area contributed by atoms with Crippen LogP contribution in [-0.2, 0) is 4.79 Å². The van der Waals surface area contributed by atoms with Crippen molar-refractivity contribution in [3.8, 4) is 0 Å². The summed E-state index contributed by atoms with van der Waals surface area (Å²) in [4.78, 5) is 22.4. The van der Waals surface area contributed by atoms with Gasteiger partial charge in [0.05, 0.1) is 5.25 Å². The number of nitrogens with one attached hydrogen (secondary N) is 1. The average molecular weight is 297 g/mol. The Morgan fingerprint density at radius 1 is 1.35 bits per heavy atom. The van der Waals surface area contributed by atoms with Crippen molar-refractivity contribution in [2.24, 2.45) is 5.73 Å². The molecular formula is C12H19N5O2S. The van der Waals surface area contributed by atoms with Crippen LogP contribution in [0.2, 0.25) is 0 Å². The Morgan fingerprint density at radius 2 is 2.00 bits per heavy atom. The molecular weight excluding hydrogens is 278 g/mol. The van der Waals surface area contributed by atoms with Gasteiger partial charge in [-0.2, -0.15) is 0 Å². The minimum atomic E-state index is -0.839. The highest BCUT2D eigenvalue weighted by Crippen LogP contribution is 2.40. The molecule has 0 radical (unpaired) electrons. The Balaban J connectivity index is 2.13. The second kappa shape index (κ2) is 5.82. The minimum Gasteiger partial charge on any atom is -0.351 e. The summed E-state index contributed by atoms with van der Waals surface area (Å²) in [6.45, 7) is 5.85. The van der Waals surface area contributed by atoms with E-state index in [9.17, 15) is 9.59 Å². The normalized spacial score (nSPS) is 16.2. The van der Waals surface area contributed by atoms with E-state index >= 15 is 0 Å². The van der Waals surface area contributed by atoms with Crippen molar-refractivity contribution in [2.45, 2.75) is 56.0 Å². The Kier molecular flexibility index (Phi) is 4.32. The van der Waals surface area contributed by atoms with E-state index in [1.165, 1.54) is 11.8 Å². The number of amides is 3. The van der Waals surface area contributed by atoms with Crippen molar-refractivity contribution < 1.29 is 9.59 Å². The number of imide groups is 1. The van der Waals surface area contributed by atoms with E-state index in [-0.39, 0.29) is 5.92 Å². The summed E-state index contributed by atoms with van der Waals surface area (Å²) < 4.78 is 2.11. The monoisotopic (exact) mass is 297 g/mol. The van der Waals surface area contributed by atoms with Crippen molar-refractivity contribution in [3.05, 3.63) is 5.82 Å². The third-order valence-electron chi connectivity index (χ3n) is 3.02. The zero-order valence-corrected chi connectivity index (χ0v) is 12.6. The summed E-state index contributed by atoms with van der Waals surface area (Å²) in [5.41, 5.74) is 4.94. The standard InChI is InChI=1S/C12H19N5O2S/c1-6(2)9-15-16-12(17(9)8-4-5-8)20-7(3)10(18)14-11(13)19/h6-8H,4-5H2,1-3H3,(H3,13,14,18,19). The van der Waals surface area contributed by atoms with Gasteiger partial charge in [0.15, 0.2) is 5.16 Å². The highest BCUT2D eigenvalue weighted by atomic mass is 32.2. The summed E-state index contributed by atoms with van der Waals surface area (Å²) in [7, 11) is 0. The predicted octanol–water partition coefficient (Wildman–Crippen LogP) is 1.41. The molecule has 1 aliphatic carbocycles. The van der Waals surface area contributed by atoms with Gasteiger partial charge in [-0.3, -0.25) is 10.1 Å². The van der Waals surface area contributed by atoms with Gasteiger partial charge in [-0.15, -0.1) is 10.2 Å². The highest BCUT2D eigenvalue weighted by Gasteiger charge is 2.31. The van der Waals surface area contributed by atoms with Crippen LogP contribution >= 0.6 is 11.8 Å².